The van der Waals surface area contributed by atoms with Gasteiger partial charge in [-0.25, -0.2) is 4.79 Å². The molecule has 0 aromatic heterocycles. The molecule has 2 rings (SSSR count). The second-order valence-electron chi connectivity index (χ2n) is 4.86. The molecule has 4 nitrogen and oxygen atoms in total. The fraction of sp³-hybridized carbons (Fsp3) is 0.235. The van der Waals surface area contributed by atoms with E-state index in [1.54, 1.807) is 0 Å². The van der Waals surface area contributed by atoms with Crippen LogP contribution < -0.4 is 15.4 Å². The molecule has 0 aliphatic carbocycles. The fourth-order valence-corrected chi connectivity index (χ4v) is 2.60. The first kappa shape index (κ1) is 16.4. The Hall–Kier alpha value is -2.01. The van der Waals surface area contributed by atoms with Gasteiger partial charge in [-0.3, -0.25) is 0 Å². The zero-order chi connectivity index (χ0) is 15.9. The summed E-state index contributed by atoms with van der Waals surface area (Å²) in [6.45, 7) is 4.18. The lowest BCUT2D eigenvalue weighted by Gasteiger charge is -2.12. The Balaban J connectivity index is 1.85. The van der Waals surface area contributed by atoms with E-state index in [1.165, 1.54) is 0 Å². The van der Waals surface area contributed by atoms with Crippen molar-refractivity contribution in [3.05, 3.63) is 58.1 Å². The van der Waals surface area contributed by atoms with Crippen LogP contribution in [0.5, 0.6) is 5.75 Å². The molecule has 2 aromatic rings. The number of nitrogens with one attached hydrogen (secondary N) is 2. The number of rotatable bonds is 5. The highest BCUT2D eigenvalue weighted by Gasteiger charge is 2.06. The van der Waals surface area contributed by atoms with Gasteiger partial charge in [-0.2, -0.15) is 0 Å². The van der Waals surface area contributed by atoms with Crippen LogP contribution >= 0.6 is 15.9 Å². The summed E-state index contributed by atoms with van der Waals surface area (Å²) in [5.74, 6) is 0.793. The van der Waals surface area contributed by atoms with Gasteiger partial charge in [0.1, 0.15) is 5.75 Å². The molecule has 0 unspecified atom stereocenters. The minimum Gasteiger partial charge on any atom is -0.473 e. The van der Waals surface area contributed by atoms with Crippen LogP contribution in [0.4, 0.5) is 10.5 Å². The average molecular weight is 363 g/mol. The van der Waals surface area contributed by atoms with Gasteiger partial charge < -0.3 is 15.4 Å². The van der Waals surface area contributed by atoms with Crippen molar-refractivity contribution in [2.24, 2.45) is 0 Å². The lowest BCUT2D eigenvalue weighted by Crippen LogP contribution is -2.32. The van der Waals surface area contributed by atoms with Crippen molar-refractivity contribution in [3.63, 3.8) is 0 Å². The van der Waals surface area contributed by atoms with Crippen molar-refractivity contribution in [2.75, 3.05) is 12.0 Å². The molecule has 116 valence electrons. The van der Waals surface area contributed by atoms with Crippen molar-refractivity contribution in [1.82, 2.24) is 5.32 Å². The summed E-state index contributed by atoms with van der Waals surface area (Å²) in [5.41, 5.74) is 2.96. The first-order valence-electron chi connectivity index (χ1n) is 7.12. The highest BCUT2D eigenvalue weighted by molar-refractivity contribution is 9.10. The van der Waals surface area contributed by atoms with E-state index >= 15 is 0 Å². The van der Waals surface area contributed by atoms with Crippen LogP contribution in [0.3, 0.4) is 0 Å². The van der Waals surface area contributed by atoms with Crippen LogP contribution in [-0.2, 0) is 6.42 Å². The minimum atomic E-state index is -0.307. The SMILES string of the molecule is CCc1ccccc1OCNC(=O)Nc1ccc(C)cc1Br. The molecule has 2 N–H and O–H groups in total. The number of amides is 2. The number of benzene rings is 2. The van der Waals surface area contributed by atoms with Gasteiger partial charge in [0, 0.05) is 4.47 Å². The molecule has 0 aliphatic heterocycles. The monoisotopic (exact) mass is 362 g/mol. The molecular weight excluding hydrogens is 344 g/mol. The van der Waals surface area contributed by atoms with Crippen LogP contribution in [0.15, 0.2) is 46.9 Å². The highest BCUT2D eigenvalue weighted by Crippen LogP contribution is 2.23. The zero-order valence-corrected chi connectivity index (χ0v) is 14.2. The van der Waals surface area contributed by atoms with Crippen molar-refractivity contribution in [3.8, 4) is 5.75 Å². The Kier molecular flexibility index (Phi) is 5.83. The van der Waals surface area contributed by atoms with Gasteiger partial charge in [0.2, 0.25) is 0 Å². The van der Waals surface area contributed by atoms with Crippen molar-refractivity contribution >= 4 is 27.6 Å². The van der Waals surface area contributed by atoms with E-state index in [1.807, 2.05) is 49.4 Å². The molecule has 0 heterocycles. The third kappa shape index (κ3) is 4.49. The standard InChI is InChI=1S/C17H19BrN2O2/c1-3-13-6-4-5-7-16(13)22-11-19-17(21)20-15-9-8-12(2)10-14(15)18/h4-10H,3,11H2,1-2H3,(H2,19,20,21). The van der Waals surface area contributed by atoms with E-state index < -0.39 is 0 Å². The molecule has 0 aliphatic rings. The summed E-state index contributed by atoms with van der Waals surface area (Å²) in [7, 11) is 0. The van der Waals surface area contributed by atoms with E-state index in [0.717, 1.165) is 33.5 Å². The first-order valence-corrected chi connectivity index (χ1v) is 7.91. The third-order valence-corrected chi connectivity index (χ3v) is 3.84. The molecule has 0 atom stereocenters. The van der Waals surface area contributed by atoms with E-state index in [0.29, 0.717) is 0 Å². The molecule has 2 aromatic carbocycles. The van der Waals surface area contributed by atoms with Crippen molar-refractivity contribution in [1.29, 1.82) is 0 Å². The van der Waals surface area contributed by atoms with Crippen LogP contribution in [0.1, 0.15) is 18.1 Å². The topological polar surface area (TPSA) is 50.4 Å². The Morgan fingerprint density at radius 2 is 2.00 bits per heavy atom. The lowest BCUT2D eigenvalue weighted by molar-refractivity contribution is 0.234. The van der Waals surface area contributed by atoms with E-state index in [-0.39, 0.29) is 12.8 Å². The smallest absolute Gasteiger partial charge is 0.321 e. The average Bonchev–Trinajstić information content (AvgIpc) is 2.50. The number of anilines is 1. The lowest BCUT2D eigenvalue weighted by atomic mass is 10.1. The normalized spacial score (nSPS) is 10.1. The number of ether oxygens (including phenoxy) is 1. The van der Waals surface area contributed by atoms with Gasteiger partial charge >= 0.3 is 6.03 Å². The van der Waals surface area contributed by atoms with Crippen molar-refractivity contribution in [2.45, 2.75) is 20.3 Å². The van der Waals surface area contributed by atoms with E-state index in [4.69, 9.17) is 4.74 Å². The number of halogens is 1. The quantitative estimate of drug-likeness (QED) is 0.770. The Labute approximate surface area is 139 Å². The summed E-state index contributed by atoms with van der Waals surface area (Å²) < 4.78 is 6.45. The van der Waals surface area contributed by atoms with Gasteiger partial charge in [0.15, 0.2) is 6.73 Å². The number of para-hydroxylation sites is 1. The minimum absolute atomic E-state index is 0.117. The van der Waals surface area contributed by atoms with Crippen LogP contribution in [-0.4, -0.2) is 12.8 Å². The maximum atomic E-state index is 11.9. The summed E-state index contributed by atoms with van der Waals surface area (Å²) in [4.78, 5) is 11.9. The number of aryl methyl sites for hydroxylation is 2. The first-order chi connectivity index (χ1) is 10.6. The number of hydrogen-bond acceptors (Lipinski definition) is 2. The molecule has 0 spiro atoms. The molecule has 5 heteroatoms. The van der Waals surface area contributed by atoms with Crippen molar-refractivity contribution < 1.29 is 9.53 Å². The number of hydrogen-bond donors (Lipinski definition) is 2. The molecule has 0 saturated carbocycles. The zero-order valence-electron chi connectivity index (χ0n) is 12.7. The summed E-state index contributed by atoms with van der Waals surface area (Å²) in [5, 5.41) is 5.46. The van der Waals surface area contributed by atoms with E-state index in [9.17, 15) is 4.79 Å². The second kappa shape index (κ2) is 7.84. The predicted octanol–water partition coefficient (Wildman–Crippen LogP) is 4.48. The van der Waals surface area contributed by atoms with Crippen LogP contribution in [0.2, 0.25) is 0 Å². The van der Waals surface area contributed by atoms with Crippen LogP contribution in [0, 0.1) is 6.92 Å². The Morgan fingerprint density at radius 3 is 2.73 bits per heavy atom. The van der Waals surface area contributed by atoms with Gasteiger partial charge in [-0.1, -0.05) is 31.2 Å². The number of carbonyl (C=O) groups excluding carboxylic acids is 1. The predicted molar refractivity (Wildman–Crippen MR) is 92.3 cm³/mol. The molecular formula is C17H19BrN2O2. The van der Waals surface area contributed by atoms with Gasteiger partial charge in [0.05, 0.1) is 5.69 Å². The number of carbonyl (C=O) groups is 1. The van der Waals surface area contributed by atoms with Gasteiger partial charge in [-0.15, -0.1) is 0 Å². The summed E-state index contributed by atoms with van der Waals surface area (Å²) in [6, 6.07) is 13.2. The van der Waals surface area contributed by atoms with Crippen LogP contribution in [0.25, 0.3) is 0 Å². The van der Waals surface area contributed by atoms with Gasteiger partial charge in [-0.05, 0) is 58.6 Å². The maximum Gasteiger partial charge on any atom is 0.321 e. The summed E-state index contributed by atoms with van der Waals surface area (Å²) in [6.07, 6.45) is 0.888. The largest absolute Gasteiger partial charge is 0.473 e. The molecule has 0 saturated heterocycles. The Morgan fingerprint density at radius 1 is 1.23 bits per heavy atom. The molecule has 0 bridgehead atoms. The van der Waals surface area contributed by atoms with E-state index in [2.05, 4.69) is 33.5 Å². The molecule has 0 fully saturated rings. The fourth-order valence-electron chi connectivity index (χ4n) is 2.00. The molecule has 2 amide bonds. The third-order valence-electron chi connectivity index (χ3n) is 3.19. The maximum absolute atomic E-state index is 11.9. The highest BCUT2D eigenvalue weighted by atomic mass is 79.9. The molecule has 0 radical (unpaired) electrons. The number of urea groups is 1. The second-order valence-corrected chi connectivity index (χ2v) is 5.72. The Bertz CT molecular complexity index is 659. The molecule has 22 heavy (non-hydrogen) atoms. The summed E-state index contributed by atoms with van der Waals surface area (Å²) >= 11 is 3.43. The van der Waals surface area contributed by atoms with Gasteiger partial charge in [0.25, 0.3) is 0 Å².